The van der Waals surface area contributed by atoms with Crippen LogP contribution in [0, 0.1) is 13.8 Å². The standard InChI is InChI=1S/C23H29Cl2N3O4S/c1-6-26-23(30)17(4)27(13-18-10-11-19(24)12-20(18)25)21(29)14-28(33(5,31)32)22-15(2)8-7-9-16(22)3/h7-12,17H,6,13-14H2,1-5H3,(H,26,30). The number of amides is 2. The van der Waals surface area contributed by atoms with Gasteiger partial charge in [0.2, 0.25) is 21.8 Å². The zero-order chi connectivity index (χ0) is 24.9. The Morgan fingerprint density at radius 1 is 1.09 bits per heavy atom. The van der Waals surface area contributed by atoms with Gasteiger partial charge in [0.1, 0.15) is 12.6 Å². The van der Waals surface area contributed by atoms with Crippen LogP contribution >= 0.6 is 23.2 Å². The van der Waals surface area contributed by atoms with E-state index in [-0.39, 0.29) is 12.5 Å². The summed E-state index contributed by atoms with van der Waals surface area (Å²) < 4.78 is 26.5. The van der Waals surface area contributed by atoms with Gasteiger partial charge in [-0.3, -0.25) is 13.9 Å². The van der Waals surface area contributed by atoms with Crippen LogP contribution in [0.5, 0.6) is 0 Å². The Balaban J connectivity index is 2.48. The van der Waals surface area contributed by atoms with Crippen LogP contribution in [-0.4, -0.2) is 50.5 Å². The second kappa shape index (κ2) is 11.2. The number of para-hydroxylation sites is 1. The van der Waals surface area contributed by atoms with Gasteiger partial charge < -0.3 is 10.2 Å². The number of hydrogen-bond donors (Lipinski definition) is 1. The van der Waals surface area contributed by atoms with E-state index in [1.165, 1.54) is 4.90 Å². The highest BCUT2D eigenvalue weighted by Gasteiger charge is 2.31. The summed E-state index contributed by atoms with van der Waals surface area (Å²) in [7, 11) is -3.79. The van der Waals surface area contributed by atoms with E-state index in [0.717, 1.165) is 21.7 Å². The molecule has 10 heteroatoms. The highest BCUT2D eigenvalue weighted by Crippen LogP contribution is 2.28. The number of carbonyl (C=O) groups is 2. The van der Waals surface area contributed by atoms with E-state index in [4.69, 9.17) is 23.2 Å². The van der Waals surface area contributed by atoms with Crippen molar-refractivity contribution in [2.45, 2.75) is 40.3 Å². The molecule has 33 heavy (non-hydrogen) atoms. The molecule has 2 aromatic rings. The Hall–Kier alpha value is -2.29. The van der Waals surface area contributed by atoms with Crippen LogP contribution in [0.25, 0.3) is 0 Å². The van der Waals surface area contributed by atoms with Gasteiger partial charge >= 0.3 is 0 Å². The van der Waals surface area contributed by atoms with Crippen molar-refractivity contribution in [1.29, 1.82) is 0 Å². The number of likely N-dealkylation sites (N-methyl/N-ethyl adjacent to an activating group) is 1. The number of halogens is 2. The molecule has 2 aromatic carbocycles. The monoisotopic (exact) mass is 513 g/mol. The van der Waals surface area contributed by atoms with Crippen molar-refractivity contribution in [3.8, 4) is 0 Å². The Kier molecular flexibility index (Phi) is 9.17. The number of anilines is 1. The summed E-state index contributed by atoms with van der Waals surface area (Å²) in [6, 6.07) is 9.40. The molecule has 0 saturated heterocycles. The molecule has 0 spiro atoms. The third kappa shape index (κ3) is 6.85. The summed E-state index contributed by atoms with van der Waals surface area (Å²) in [6.07, 6.45) is 1.06. The molecule has 2 rings (SSSR count). The molecular formula is C23H29Cl2N3O4S. The van der Waals surface area contributed by atoms with Gasteiger partial charge in [0.05, 0.1) is 11.9 Å². The number of nitrogens with one attached hydrogen (secondary N) is 1. The van der Waals surface area contributed by atoms with Gasteiger partial charge in [-0.15, -0.1) is 0 Å². The third-order valence-corrected chi connectivity index (χ3v) is 6.94. The number of benzene rings is 2. The van der Waals surface area contributed by atoms with E-state index in [1.54, 1.807) is 58.0 Å². The molecule has 0 radical (unpaired) electrons. The minimum Gasteiger partial charge on any atom is -0.355 e. The average molecular weight is 514 g/mol. The van der Waals surface area contributed by atoms with Crippen LogP contribution in [0.4, 0.5) is 5.69 Å². The van der Waals surface area contributed by atoms with Crippen LogP contribution in [0.1, 0.15) is 30.5 Å². The zero-order valence-corrected chi connectivity index (χ0v) is 21.7. The van der Waals surface area contributed by atoms with Crippen LogP contribution in [0.3, 0.4) is 0 Å². The number of aryl methyl sites for hydroxylation is 2. The maximum absolute atomic E-state index is 13.5. The maximum Gasteiger partial charge on any atom is 0.244 e. The molecule has 0 aliphatic heterocycles. The molecule has 7 nitrogen and oxygen atoms in total. The lowest BCUT2D eigenvalue weighted by Gasteiger charge is -2.32. The third-order valence-electron chi connectivity index (χ3n) is 5.24. The zero-order valence-electron chi connectivity index (χ0n) is 19.4. The highest BCUT2D eigenvalue weighted by molar-refractivity contribution is 7.92. The topological polar surface area (TPSA) is 86.8 Å². The average Bonchev–Trinajstić information content (AvgIpc) is 2.71. The first-order chi connectivity index (χ1) is 15.4. The number of sulfonamides is 1. The molecule has 0 fully saturated rings. The van der Waals surface area contributed by atoms with Gasteiger partial charge in [0, 0.05) is 23.1 Å². The SMILES string of the molecule is CCNC(=O)C(C)N(Cc1ccc(Cl)cc1Cl)C(=O)CN(c1c(C)cccc1C)S(C)(=O)=O. The van der Waals surface area contributed by atoms with Crippen molar-refractivity contribution in [1.82, 2.24) is 10.2 Å². The normalized spacial score (nSPS) is 12.2. The van der Waals surface area contributed by atoms with Gasteiger partial charge in [0.25, 0.3) is 0 Å². The number of carbonyl (C=O) groups excluding carboxylic acids is 2. The molecule has 1 atom stereocenters. The first kappa shape index (κ1) is 27.0. The van der Waals surface area contributed by atoms with E-state index in [2.05, 4.69) is 5.32 Å². The molecule has 1 unspecified atom stereocenters. The fourth-order valence-corrected chi connectivity index (χ4v) is 4.95. The quantitative estimate of drug-likeness (QED) is 0.550. The summed E-state index contributed by atoms with van der Waals surface area (Å²) in [4.78, 5) is 27.4. The first-order valence-electron chi connectivity index (χ1n) is 10.4. The largest absolute Gasteiger partial charge is 0.355 e. The van der Waals surface area contributed by atoms with E-state index in [1.807, 2.05) is 6.07 Å². The number of hydrogen-bond acceptors (Lipinski definition) is 4. The van der Waals surface area contributed by atoms with Gasteiger partial charge in [-0.2, -0.15) is 0 Å². The molecule has 0 aliphatic rings. The summed E-state index contributed by atoms with van der Waals surface area (Å²) >= 11 is 12.3. The summed E-state index contributed by atoms with van der Waals surface area (Å²) in [5.74, 6) is -0.887. The smallest absolute Gasteiger partial charge is 0.244 e. The van der Waals surface area contributed by atoms with Gasteiger partial charge in [-0.1, -0.05) is 47.5 Å². The lowest BCUT2D eigenvalue weighted by atomic mass is 10.1. The molecule has 0 saturated carbocycles. The molecule has 2 amide bonds. The van der Waals surface area contributed by atoms with Crippen LogP contribution in [0.2, 0.25) is 10.0 Å². The van der Waals surface area contributed by atoms with Crippen molar-refractivity contribution in [2.24, 2.45) is 0 Å². The lowest BCUT2D eigenvalue weighted by molar-refractivity contribution is -0.139. The van der Waals surface area contributed by atoms with E-state index in [0.29, 0.717) is 27.8 Å². The molecule has 0 aromatic heterocycles. The minimum absolute atomic E-state index is 0.0114. The van der Waals surface area contributed by atoms with Gasteiger partial charge in [-0.05, 0) is 56.5 Å². The molecule has 180 valence electrons. The second-order valence-electron chi connectivity index (χ2n) is 7.84. The molecule has 0 bridgehead atoms. The molecule has 1 N–H and O–H groups in total. The highest BCUT2D eigenvalue weighted by atomic mass is 35.5. The van der Waals surface area contributed by atoms with E-state index >= 15 is 0 Å². The summed E-state index contributed by atoms with van der Waals surface area (Å²) in [6.45, 7) is 6.89. The van der Waals surface area contributed by atoms with E-state index < -0.39 is 28.5 Å². The van der Waals surface area contributed by atoms with Crippen molar-refractivity contribution in [3.63, 3.8) is 0 Å². The van der Waals surface area contributed by atoms with Crippen LogP contribution < -0.4 is 9.62 Å². The van der Waals surface area contributed by atoms with Crippen molar-refractivity contribution in [3.05, 3.63) is 63.1 Å². The van der Waals surface area contributed by atoms with Crippen LogP contribution in [0.15, 0.2) is 36.4 Å². The summed E-state index contributed by atoms with van der Waals surface area (Å²) in [5.41, 5.74) is 2.47. The van der Waals surface area contributed by atoms with Crippen molar-refractivity contribution >= 4 is 50.7 Å². The second-order valence-corrected chi connectivity index (χ2v) is 10.6. The molecule has 0 heterocycles. The predicted molar refractivity (Wildman–Crippen MR) is 133 cm³/mol. The Labute approximate surface area is 205 Å². The predicted octanol–water partition coefficient (Wildman–Crippen LogP) is 3.93. The van der Waals surface area contributed by atoms with Crippen LogP contribution in [-0.2, 0) is 26.2 Å². The fraction of sp³-hybridized carbons (Fsp3) is 0.391. The summed E-state index contributed by atoms with van der Waals surface area (Å²) in [5, 5.41) is 3.49. The van der Waals surface area contributed by atoms with Crippen molar-refractivity contribution < 1.29 is 18.0 Å². The number of nitrogens with zero attached hydrogens (tertiary/aromatic N) is 2. The van der Waals surface area contributed by atoms with Crippen molar-refractivity contribution in [2.75, 3.05) is 23.7 Å². The minimum atomic E-state index is -3.79. The van der Waals surface area contributed by atoms with Gasteiger partial charge in [-0.25, -0.2) is 8.42 Å². The van der Waals surface area contributed by atoms with Gasteiger partial charge in [0.15, 0.2) is 0 Å². The molecular weight excluding hydrogens is 485 g/mol. The lowest BCUT2D eigenvalue weighted by Crippen LogP contribution is -2.51. The Morgan fingerprint density at radius 2 is 1.70 bits per heavy atom. The first-order valence-corrected chi connectivity index (χ1v) is 13.0. The maximum atomic E-state index is 13.5. The Morgan fingerprint density at radius 3 is 2.21 bits per heavy atom. The fourth-order valence-electron chi connectivity index (χ4n) is 3.51. The molecule has 0 aliphatic carbocycles. The Bertz CT molecular complexity index is 1120. The number of rotatable bonds is 9. The van der Waals surface area contributed by atoms with E-state index in [9.17, 15) is 18.0 Å².